The van der Waals surface area contributed by atoms with Crippen molar-refractivity contribution in [3.63, 3.8) is 0 Å². The molecule has 2 aromatic rings. The van der Waals surface area contributed by atoms with E-state index in [4.69, 9.17) is 5.11 Å². The zero-order valence-corrected chi connectivity index (χ0v) is 21.0. The second-order valence-electron chi connectivity index (χ2n) is 9.01. The zero-order chi connectivity index (χ0) is 26.7. The van der Waals surface area contributed by atoms with Gasteiger partial charge in [-0.2, -0.15) is 8.78 Å². The maximum atomic E-state index is 13.9. The number of sulfonamides is 1. The molecule has 2 N–H and O–H groups in total. The summed E-state index contributed by atoms with van der Waals surface area (Å²) < 4.78 is 56.5. The Morgan fingerprint density at radius 3 is 2.39 bits per heavy atom. The number of carboxylic acids is 1. The molecule has 0 bridgehead atoms. The monoisotopic (exact) mass is 525 g/mol. The molecule has 0 spiro atoms. The molecule has 1 aliphatic heterocycles. The van der Waals surface area contributed by atoms with E-state index in [0.29, 0.717) is 11.3 Å². The van der Waals surface area contributed by atoms with E-state index in [-0.39, 0.29) is 37.5 Å². The van der Waals surface area contributed by atoms with Crippen LogP contribution in [0, 0.1) is 6.92 Å². The lowest BCUT2D eigenvalue weighted by atomic mass is 9.69. The predicted molar refractivity (Wildman–Crippen MR) is 129 cm³/mol. The van der Waals surface area contributed by atoms with Gasteiger partial charge < -0.3 is 15.2 Å². The van der Waals surface area contributed by atoms with Crippen LogP contribution in [0.2, 0.25) is 0 Å². The second kappa shape index (κ2) is 10.9. The summed E-state index contributed by atoms with van der Waals surface area (Å²) >= 11 is 0. The number of halogens is 2. The van der Waals surface area contributed by atoms with Gasteiger partial charge >= 0.3 is 12.6 Å². The summed E-state index contributed by atoms with van der Waals surface area (Å²) in [6, 6.07) is 10.3. The second-order valence-corrected chi connectivity index (χ2v) is 11.0. The van der Waals surface area contributed by atoms with Gasteiger partial charge in [-0.3, -0.25) is 9.59 Å². The highest BCUT2D eigenvalue weighted by Gasteiger charge is 2.46. The average molecular weight is 526 g/mol. The third-order valence-corrected chi connectivity index (χ3v) is 8.02. The van der Waals surface area contributed by atoms with Gasteiger partial charge in [-0.05, 0) is 48.9 Å². The van der Waals surface area contributed by atoms with Crippen LogP contribution >= 0.6 is 0 Å². The lowest BCUT2D eigenvalue weighted by Gasteiger charge is -2.41. The molecule has 0 radical (unpaired) electrons. The van der Waals surface area contributed by atoms with Crippen LogP contribution in [-0.2, 0) is 25.0 Å². The first-order valence-corrected chi connectivity index (χ1v) is 13.0. The molecule has 1 aliphatic rings. The molecule has 0 atom stereocenters. The minimum Gasteiger partial charge on any atom is -0.480 e. The Morgan fingerprint density at radius 2 is 1.81 bits per heavy atom. The normalized spacial score (nSPS) is 16.2. The van der Waals surface area contributed by atoms with Crippen molar-refractivity contribution in [2.75, 3.05) is 24.2 Å². The van der Waals surface area contributed by atoms with Gasteiger partial charge in [0.05, 0.1) is 5.41 Å². The Hall–Kier alpha value is -3.12. The molecule has 36 heavy (non-hydrogen) atoms. The van der Waals surface area contributed by atoms with Crippen molar-refractivity contribution >= 4 is 27.6 Å². The molecule has 1 fully saturated rings. The van der Waals surface area contributed by atoms with E-state index in [9.17, 15) is 26.8 Å². The number of rotatable bonds is 9. The van der Waals surface area contributed by atoms with E-state index < -0.39 is 45.6 Å². The summed E-state index contributed by atoms with van der Waals surface area (Å²) in [6.07, 6.45) is 0.123. The fourth-order valence-electron chi connectivity index (χ4n) is 4.49. The van der Waals surface area contributed by atoms with Crippen LogP contribution in [0.1, 0.15) is 49.4 Å². The molecular formula is C24H29F2N3O6S. The predicted octanol–water partition coefficient (Wildman–Crippen LogP) is 3.50. The first-order valence-electron chi connectivity index (χ1n) is 11.4. The molecule has 3 rings (SSSR count). The fraction of sp³-hybridized carbons (Fsp3) is 0.458. The number of anilines is 1. The molecule has 1 saturated heterocycles. The van der Waals surface area contributed by atoms with Crippen LogP contribution in [0.25, 0.3) is 0 Å². The molecule has 1 aromatic carbocycles. The molecular weight excluding hydrogens is 496 g/mol. The van der Waals surface area contributed by atoms with E-state index >= 15 is 0 Å². The van der Waals surface area contributed by atoms with Crippen LogP contribution in [0.4, 0.5) is 14.5 Å². The number of carbonyl (C=O) groups is 2. The number of hydrogen-bond donors (Lipinski definition) is 2. The minimum absolute atomic E-state index is 0.0340. The maximum Gasteiger partial charge on any atom is 0.388 e. The van der Waals surface area contributed by atoms with Crippen LogP contribution < -0.4 is 10.1 Å². The van der Waals surface area contributed by atoms with Gasteiger partial charge in [-0.1, -0.05) is 38.1 Å². The smallest absolute Gasteiger partial charge is 0.388 e. The summed E-state index contributed by atoms with van der Waals surface area (Å²) in [5, 5.41) is 11.7. The Kier molecular flexibility index (Phi) is 8.29. The number of amides is 1. The SMILES string of the molecule is Cc1ccc(NC(=O)C2(c3ccccc3C(C)C)CCN(S(=O)(=O)CC(=O)O)CC2)c(OC(F)F)n1. The molecule has 1 aromatic heterocycles. The molecule has 0 saturated carbocycles. The van der Waals surface area contributed by atoms with E-state index in [1.807, 2.05) is 26.0 Å². The number of aliphatic carboxylic acids is 1. The fourth-order valence-corrected chi connectivity index (χ4v) is 5.73. The number of alkyl halides is 2. The average Bonchev–Trinajstić information content (AvgIpc) is 2.79. The van der Waals surface area contributed by atoms with Crippen LogP contribution in [0.5, 0.6) is 5.88 Å². The summed E-state index contributed by atoms with van der Waals surface area (Å²) in [5.41, 5.74) is 0.766. The number of aryl methyl sites for hydroxylation is 1. The van der Waals surface area contributed by atoms with E-state index in [1.165, 1.54) is 6.07 Å². The quantitative estimate of drug-likeness (QED) is 0.513. The number of carbonyl (C=O) groups excluding carboxylic acids is 1. The molecule has 0 unspecified atom stereocenters. The van der Waals surface area contributed by atoms with Crippen molar-refractivity contribution in [3.8, 4) is 5.88 Å². The first kappa shape index (κ1) is 27.5. The van der Waals surface area contributed by atoms with E-state index in [0.717, 1.165) is 9.87 Å². The van der Waals surface area contributed by atoms with Crippen molar-refractivity contribution in [1.82, 2.24) is 9.29 Å². The van der Waals surface area contributed by atoms with Crippen LogP contribution in [0.3, 0.4) is 0 Å². The number of nitrogens with zero attached hydrogens (tertiary/aromatic N) is 2. The molecule has 9 nitrogen and oxygen atoms in total. The number of nitrogens with one attached hydrogen (secondary N) is 1. The summed E-state index contributed by atoms with van der Waals surface area (Å²) in [4.78, 5) is 28.9. The Balaban J connectivity index is 2.02. The molecule has 196 valence electrons. The number of aromatic nitrogens is 1. The van der Waals surface area contributed by atoms with Gasteiger partial charge in [-0.25, -0.2) is 17.7 Å². The van der Waals surface area contributed by atoms with Crippen LogP contribution in [0.15, 0.2) is 36.4 Å². The van der Waals surface area contributed by atoms with Gasteiger partial charge in [-0.15, -0.1) is 0 Å². The van der Waals surface area contributed by atoms with E-state index in [2.05, 4.69) is 15.0 Å². The maximum absolute atomic E-state index is 13.9. The Labute approximate surface area is 208 Å². The first-order chi connectivity index (χ1) is 16.9. The lowest BCUT2D eigenvalue weighted by Crippen LogP contribution is -2.52. The van der Waals surface area contributed by atoms with Crippen molar-refractivity contribution in [1.29, 1.82) is 0 Å². The topological polar surface area (TPSA) is 126 Å². The largest absolute Gasteiger partial charge is 0.480 e. The number of benzene rings is 1. The van der Waals surface area contributed by atoms with E-state index in [1.54, 1.807) is 25.1 Å². The Morgan fingerprint density at radius 1 is 1.17 bits per heavy atom. The summed E-state index contributed by atoms with van der Waals surface area (Å²) in [5.74, 6) is -3.41. The standard InChI is InChI=1S/C24H29F2N3O6S/c1-15(2)17-6-4-5-7-18(17)24(10-12-29(13-11-24)36(33,34)14-20(30)31)22(32)28-19-9-8-16(3)27-21(19)35-23(25)26/h4-9,15,23H,10-14H2,1-3H3,(H,28,32)(H,30,31). The molecule has 1 amide bonds. The van der Waals surface area contributed by atoms with Gasteiger partial charge in [0, 0.05) is 18.8 Å². The van der Waals surface area contributed by atoms with Crippen molar-refractivity contribution in [2.24, 2.45) is 0 Å². The van der Waals surface area contributed by atoms with Crippen molar-refractivity contribution in [3.05, 3.63) is 53.2 Å². The molecule has 0 aliphatic carbocycles. The third kappa shape index (κ3) is 5.98. The highest BCUT2D eigenvalue weighted by atomic mass is 32.2. The summed E-state index contributed by atoms with van der Waals surface area (Å²) in [6.45, 7) is 2.22. The Bertz CT molecular complexity index is 1230. The molecule has 12 heteroatoms. The number of carboxylic acid groups (broad SMARTS) is 1. The number of ether oxygens (including phenoxy) is 1. The van der Waals surface area contributed by atoms with Gasteiger partial charge in [0.25, 0.3) is 0 Å². The lowest BCUT2D eigenvalue weighted by molar-refractivity contribution is -0.134. The van der Waals surface area contributed by atoms with Gasteiger partial charge in [0.15, 0.2) is 5.75 Å². The zero-order valence-electron chi connectivity index (χ0n) is 20.2. The molecule has 2 heterocycles. The highest BCUT2D eigenvalue weighted by molar-refractivity contribution is 7.89. The van der Waals surface area contributed by atoms with Crippen molar-refractivity contribution in [2.45, 2.75) is 51.6 Å². The highest BCUT2D eigenvalue weighted by Crippen LogP contribution is 2.41. The summed E-state index contributed by atoms with van der Waals surface area (Å²) in [7, 11) is -4.06. The number of hydrogen-bond acceptors (Lipinski definition) is 6. The van der Waals surface area contributed by atoms with Gasteiger partial charge in [0.2, 0.25) is 21.8 Å². The van der Waals surface area contributed by atoms with Crippen LogP contribution in [-0.4, -0.2) is 60.1 Å². The minimum atomic E-state index is -4.06. The third-order valence-electron chi connectivity index (χ3n) is 6.26. The van der Waals surface area contributed by atoms with Crippen molar-refractivity contribution < 1.29 is 36.6 Å². The number of piperidine rings is 1. The van der Waals surface area contributed by atoms with Gasteiger partial charge in [0.1, 0.15) is 5.69 Å². The number of pyridine rings is 1.